The fourth-order valence-electron chi connectivity index (χ4n) is 0.422. The predicted molar refractivity (Wildman–Crippen MR) is 58.8 cm³/mol. The quantitative estimate of drug-likeness (QED) is 0.262. The van der Waals surface area contributed by atoms with Gasteiger partial charge in [0.1, 0.15) is 0 Å². The maximum atomic E-state index is 5.05. The predicted octanol–water partition coefficient (Wildman–Crippen LogP) is 1.20. The van der Waals surface area contributed by atoms with Crippen LogP contribution in [0.1, 0.15) is 13.8 Å². The van der Waals surface area contributed by atoms with Gasteiger partial charge in [0.2, 0.25) is 0 Å². The standard InChI is InChI=1S/C5H13N3S.HI/c1-3-7-5(8-6)9-4-2;/h3-4,6H2,1-2H3,(H,7,8);1H. The van der Waals surface area contributed by atoms with Crippen LogP contribution >= 0.6 is 35.7 Å². The summed E-state index contributed by atoms with van der Waals surface area (Å²) in [6, 6.07) is 0. The lowest BCUT2D eigenvalue weighted by atomic mass is 10.8. The number of thioether (sulfide) groups is 1. The maximum Gasteiger partial charge on any atom is 0.180 e. The summed E-state index contributed by atoms with van der Waals surface area (Å²) in [4.78, 5) is 0. The Hall–Kier alpha value is 0.350. The van der Waals surface area contributed by atoms with Gasteiger partial charge in [0.05, 0.1) is 0 Å². The Labute approximate surface area is 83.2 Å². The molecule has 0 spiro atoms. The average molecular weight is 275 g/mol. The zero-order chi connectivity index (χ0) is 7.11. The summed E-state index contributed by atoms with van der Waals surface area (Å²) in [5, 5.41) is 7.38. The molecule has 5 heteroatoms. The van der Waals surface area contributed by atoms with E-state index in [1.165, 1.54) is 0 Å². The van der Waals surface area contributed by atoms with Crippen molar-refractivity contribution in [1.29, 1.82) is 0 Å². The van der Waals surface area contributed by atoms with Crippen molar-refractivity contribution < 1.29 is 0 Å². The lowest BCUT2D eigenvalue weighted by Crippen LogP contribution is -2.21. The molecule has 10 heavy (non-hydrogen) atoms. The lowest BCUT2D eigenvalue weighted by Gasteiger charge is -2.01. The van der Waals surface area contributed by atoms with Crippen molar-refractivity contribution in [3.63, 3.8) is 0 Å². The van der Waals surface area contributed by atoms with Crippen LogP contribution in [0.4, 0.5) is 0 Å². The molecule has 62 valence electrons. The van der Waals surface area contributed by atoms with Crippen LogP contribution in [0.25, 0.3) is 0 Å². The Morgan fingerprint density at radius 1 is 1.60 bits per heavy atom. The molecule has 0 rings (SSSR count). The highest BCUT2D eigenvalue weighted by Gasteiger charge is 1.91. The second-order valence-corrected chi connectivity index (χ2v) is 2.65. The van der Waals surface area contributed by atoms with E-state index in [1.54, 1.807) is 11.8 Å². The Kier molecular flexibility index (Phi) is 12.1. The van der Waals surface area contributed by atoms with E-state index in [4.69, 9.17) is 5.84 Å². The third kappa shape index (κ3) is 6.47. The molecule has 0 fully saturated rings. The minimum atomic E-state index is 0. The van der Waals surface area contributed by atoms with Crippen LogP contribution in [0.5, 0.6) is 0 Å². The number of halogens is 1. The van der Waals surface area contributed by atoms with Gasteiger partial charge in [0.15, 0.2) is 5.17 Å². The first kappa shape index (κ1) is 13.0. The van der Waals surface area contributed by atoms with E-state index in [1.807, 2.05) is 6.92 Å². The van der Waals surface area contributed by atoms with E-state index in [0.29, 0.717) is 0 Å². The first-order chi connectivity index (χ1) is 4.35. The van der Waals surface area contributed by atoms with E-state index in [-0.39, 0.29) is 24.0 Å². The SMILES string of the molecule is CCNC(=NN)SCC.I. The number of hydrazone groups is 1. The number of rotatable bonds is 2. The first-order valence-corrected chi connectivity index (χ1v) is 3.98. The third-order valence-corrected chi connectivity index (χ3v) is 1.54. The smallest absolute Gasteiger partial charge is 0.180 e. The van der Waals surface area contributed by atoms with E-state index >= 15 is 0 Å². The van der Waals surface area contributed by atoms with E-state index in [0.717, 1.165) is 17.5 Å². The van der Waals surface area contributed by atoms with Crippen LogP contribution in [-0.4, -0.2) is 17.5 Å². The highest BCUT2D eigenvalue weighted by atomic mass is 127. The van der Waals surface area contributed by atoms with Gasteiger partial charge >= 0.3 is 0 Å². The van der Waals surface area contributed by atoms with Crippen molar-refractivity contribution >= 4 is 40.9 Å². The number of amidine groups is 1. The van der Waals surface area contributed by atoms with Gasteiger partial charge in [-0.3, -0.25) is 0 Å². The van der Waals surface area contributed by atoms with Gasteiger partial charge < -0.3 is 11.2 Å². The number of nitrogens with one attached hydrogen (secondary N) is 1. The molecular formula is C5H14IN3S. The van der Waals surface area contributed by atoms with Crippen LogP contribution in [0.3, 0.4) is 0 Å². The van der Waals surface area contributed by atoms with Crippen LogP contribution < -0.4 is 11.2 Å². The van der Waals surface area contributed by atoms with E-state index in [9.17, 15) is 0 Å². The molecule has 0 radical (unpaired) electrons. The number of nitrogens with two attached hydrogens (primary N) is 1. The summed E-state index contributed by atoms with van der Waals surface area (Å²) in [7, 11) is 0. The average Bonchev–Trinajstić information content (AvgIpc) is 1.88. The maximum absolute atomic E-state index is 5.05. The minimum Gasteiger partial charge on any atom is -0.364 e. The molecular weight excluding hydrogens is 261 g/mol. The van der Waals surface area contributed by atoms with Crippen molar-refractivity contribution in [3.8, 4) is 0 Å². The second-order valence-electron chi connectivity index (χ2n) is 1.40. The highest BCUT2D eigenvalue weighted by molar-refractivity contribution is 14.0. The lowest BCUT2D eigenvalue weighted by molar-refractivity contribution is 0.970. The summed E-state index contributed by atoms with van der Waals surface area (Å²) in [6.45, 7) is 4.96. The largest absolute Gasteiger partial charge is 0.364 e. The van der Waals surface area contributed by atoms with Gasteiger partial charge in [-0.2, -0.15) is 5.10 Å². The molecule has 0 aliphatic carbocycles. The number of nitrogens with zero attached hydrogens (tertiary/aromatic N) is 1. The van der Waals surface area contributed by atoms with Gasteiger partial charge in [-0.25, -0.2) is 0 Å². The zero-order valence-electron chi connectivity index (χ0n) is 6.26. The van der Waals surface area contributed by atoms with Crippen molar-refractivity contribution in [2.45, 2.75) is 13.8 Å². The molecule has 3 N–H and O–H groups in total. The Bertz CT molecular complexity index is 88.9. The van der Waals surface area contributed by atoms with Crippen molar-refractivity contribution in [2.75, 3.05) is 12.3 Å². The highest BCUT2D eigenvalue weighted by Crippen LogP contribution is 1.97. The molecule has 3 nitrogen and oxygen atoms in total. The second kappa shape index (κ2) is 9.35. The molecule has 0 aliphatic rings. The summed E-state index contributed by atoms with van der Waals surface area (Å²) in [5.74, 6) is 6.05. The van der Waals surface area contributed by atoms with Gasteiger partial charge in [-0.05, 0) is 12.7 Å². The van der Waals surface area contributed by atoms with Gasteiger partial charge in [0.25, 0.3) is 0 Å². The summed E-state index contributed by atoms with van der Waals surface area (Å²) >= 11 is 1.61. The number of hydrogen-bond donors (Lipinski definition) is 2. The van der Waals surface area contributed by atoms with Crippen LogP contribution in [0.2, 0.25) is 0 Å². The van der Waals surface area contributed by atoms with Gasteiger partial charge in [-0.1, -0.05) is 18.7 Å². The fraction of sp³-hybridized carbons (Fsp3) is 0.800. The third-order valence-electron chi connectivity index (χ3n) is 0.726. The monoisotopic (exact) mass is 275 g/mol. The summed E-state index contributed by atoms with van der Waals surface area (Å²) in [6.07, 6.45) is 0. The fourth-order valence-corrected chi connectivity index (χ4v) is 1.02. The Morgan fingerprint density at radius 2 is 2.20 bits per heavy atom. The molecule has 0 atom stereocenters. The Morgan fingerprint density at radius 3 is 2.50 bits per heavy atom. The zero-order valence-corrected chi connectivity index (χ0v) is 9.40. The molecule has 0 aromatic rings. The topological polar surface area (TPSA) is 50.4 Å². The van der Waals surface area contributed by atoms with E-state index < -0.39 is 0 Å². The minimum absolute atomic E-state index is 0. The van der Waals surface area contributed by atoms with Gasteiger partial charge in [0, 0.05) is 6.54 Å². The Balaban J connectivity index is 0. The molecule has 0 amide bonds. The molecule has 0 aromatic carbocycles. The van der Waals surface area contributed by atoms with Crippen LogP contribution in [0, 0.1) is 0 Å². The van der Waals surface area contributed by atoms with Crippen molar-refractivity contribution in [1.82, 2.24) is 5.32 Å². The molecule has 0 heterocycles. The molecule has 0 saturated heterocycles. The van der Waals surface area contributed by atoms with E-state index in [2.05, 4.69) is 17.3 Å². The first-order valence-electron chi connectivity index (χ1n) is 2.99. The molecule has 0 saturated carbocycles. The normalized spacial score (nSPS) is 10.4. The molecule has 0 unspecified atom stereocenters. The van der Waals surface area contributed by atoms with Crippen LogP contribution in [0.15, 0.2) is 5.10 Å². The number of hydrogen-bond acceptors (Lipinski definition) is 3. The molecule has 0 aliphatic heterocycles. The van der Waals surface area contributed by atoms with Crippen molar-refractivity contribution in [3.05, 3.63) is 0 Å². The summed E-state index contributed by atoms with van der Waals surface area (Å²) < 4.78 is 0. The molecule has 0 bridgehead atoms. The van der Waals surface area contributed by atoms with Crippen LogP contribution in [-0.2, 0) is 0 Å². The summed E-state index contributed by atoms with van der Waals surface area (Å²) in [5.41, 5.74) is 0. The van der Waals surface area contributed by atoms with Crippen molar-refractivity contribution in [2.24, 2.45) is 10.9 Å². The van der Waals surface area contributed by atoms with Gasteiger partial charge in [-0.15, -0.1) is 24.0 Å². The molecule has 0 aromatic heterocycles.